The topological polar surface area (TPSA) is 30.4 Å². The molecule has 240 valence electrons. The van der Waals surface area contributed by atoms with Crippen molar-refractivity contribution in [3.05, 3.63) is 170 Å². The maximum absolute atomic E-state index is 6.35. The monoisotopic (exact) mass is 660 g/mol. The first-order valence-electron chi connectivity index (χ1n) is 17.8. The summed E-state index contributed by atoms with van der Waals surface area (Å²) < 4.78 is 8.78. The van der Waals surface area contributed by atoms with Crippen molar-refractivity contribution in [1.29, 1.82) is 0 Å². The molecular formula is C49H28N2O. The highest BCUT2D eigenvalue weighted by Gasteiger charge is 2.20. The van der Waals surface area contributed by atoms with Crippen LogP contribution >= 0.6 is 0 Å². The first-order valence-corrected chi connectivity index (χ1v) is 17.8. The van der Waals surface area contributed by atoms with Crippen LogP contribution in [0.4, 0.5) is 0 Å². The number of furan rings is 1. The molecule has 0 atom stereocenters. The van der Waals surface area contributed by atoms with E-state index >= 15 is 0 Å². The van der Waals surface area contributed by atoms with Gasteiger partial charge in [-0.25, -0.2) is 4.98 Å². The van der Waals surface area contributed by atoms with Crippen LogP contribution in [0.5, 0.6) is 0 Å². The second-order valence-corrected chi connectivity index (χ2v) is 13.9. The molecule has 0 spiro atoms. The Bertz CT molecular complexity index is 3300. The number of hydrogen-bond acceptors (Lipinski definition) is 2. The zero-order valence-corrected chi connectivity index (χ0v) is 28.0. The third-order valence-electron chi connectivity index (χ3n) is 11.1. The molecule has 0 radical (unpaired) electrons. The fraction of sp³-hybridized carbons (Fsp3) is 0. The SMILES string of the molecule is c1ccc(-c2nc3cc(-c4ccc(-c5cc6c7ccccc7n7c8ccccc8c(c5)c67)cc4)ccc3c3c2ccc2oc4ccccc4c23)cc1. The summed E-state index contributed by atoms with van der Waals surface area (Å²) in [5.74, 6) is 0. The molecule has 0 bridgehead atoms. The van der Waals surface area contributed by atoms with Crippen LogP contribution in [0.15, 0.2) is 174 Å². The number of benzene rings is 8. The van der Waals surface area contributed by atoms with Crippen molar-refractivity contribution in [3.8, 4) is 33.5 Å². The number of pyridine rings is 1. The summed E-state index contributed by atoms with van der Waals surface area (Å²) >= 11 is 0. The number of fused-ring (bicyclic) bond motifs is 13. The van der Waals surface area contributed by atoms with Crippen molar-refractivity contribution < 1.29 is 4.42 Å². The molecule has 0 aliphatic carbocycles. The molecule has 3 heteroatoms. The van der Waals surface area contributed by atoms with E-state index in [4.69, 9.17) is 9.40 Å². The average molecular weight is 661 g/mol. The van der Waals surface area contributed by atoms with Gasteiger partial charge in [0.1, 0.15) is 11.2 Å². The molecule has 0 aliphatic heterocycles. The summed E-state index contributed by atoms with van der Waals surface area (Å²) in [7, 11) is 0. The zero-order chi connectivity index (χ0) is 33.9. The number of hydrogen-bond donors (Lipinski definition) is 0. The fourth-order valence-corrected chi connectivity index (χ4v) is 8.78. The van der Waals surface area contributed by atoms with Crippen molar-refractivity contribution in [2.24, 2.45) is 0 Å². The molecule has 4 aromatic heterocycles. The maximum Gasteiger partial charge on any atom is 0.136 e. The lowest BCUT2D eigenvalue weighted by Gasteiger charge is -2.13. The summed E-state index contributed by atoms with van der Waals surface area (Å²) in [6, 6.07) is 61.1. The van der Waals surface area contributed by atoms with Gasteiger partial charge in [0.05, 0.1) is 27.8 Å². The molecule has 0 fully saturated rings. The largest absolute Gasteiger partial charge is 0.456 e. The Labute approximate surface area is 297 Å². The summed E-state index contributed by atoms with van der Waals surface area (Å²) in [4.78, 5) is 5.35. The van der Waals surface area contributed by atoms with Crippen molar-refractivity contribution >= 4 is 81.7 Å². The van der Waals surface area contributed by atoms with E-state index in [1.807, 2.05) is 12.1 Å². The first-order chi connectivity index (χ1) is 25.8. The molecule has 4 heterocycles. The Morgan fingerprint density at radius 1 is 0.365 bits per heavy atom. The van der Waals surface area contributed by atoms with Gasteiger partial charge >= 0.3 is 0 Å². The highest BCUT2D eigenvalue weighted by atomic mass is 16.3. The van der Waals surface area contributed by atoms with Gasteiger partial charge in [-0.3, -0.25) is 0 Å². The Kier molecular flexibility index (Phi) is 5.50. The van der Waals surface area contributed by atoms with E-state index in [0.717, 1.165) is 60.6 Å². The molecule has 0 unspecified atom stereocenters. The van der Waals surface area contributed by atoms with Crippen LogP contribution in [0.1, 0.15) is 0 Å². The normalized spacial score (nSPS) is 12.2. The van der Waals surface area contributed by atoms with Crippen LogP contribution in [0, 0.1) is 0 Å². The maximum atomic E-state index is 6.35. The quantitative estimate of drug-likeness (QED) is 0.177. The van der Waals surface area contributed by atoms with E-state index < -0.39 is 0 Å². The zero-order valence-electron chi connectivity index (χ0n) is 28.0. The Hall–Kier alpha value is -6.97. The van der Waals surface area contributed by atoms with E-state index in [9.17, 15) is 0 Å². The van der Waals surface area contributed by atoms with Crippen LogP contribution in [0.3, 0.4) is 0 Å². The van der Waals surface area contributed by atoms with Crippen LogP contribution in [0.25, 0.3) is 115 Å². The lowest BCUT2D eigenvalue weighted by Crippen LogP contribution is -1.91. The van der Waals surface area contributed by atoms with Crippen LogP contribution in [0.2, 0.25) is 0 Å². The second kappa shape index (κ2) is 10.3. The van der Waals surface area contributed by atoms with Crippen molar-refractivity contribution in [2.75, 3.05) is 0 Å². The number of aromatic nitrogens is 2. The number of para-hydroxylation sites is 3. The fourth-order valence-electron chi connectivity index (χ4n) is 8.78. The highest BCUT2D eigenvalue weighted by molar-refractivity contribution is 6.28. The molecule has 0 aliphatic rings. The van der Waals surface area contributed by atoms with E-state index in [1.54, 1.807) is 0 Å². The number of rotatable bonds is 3. The van der Waals surface area contributed by atoms with Gasteiger partial charge in [-0.1, -0.05) is 121 Å². The van der Waals surface area contributed by atoms with Crippen molar-refractivity contribution in [3.63, 3.8) is 0 Å². The molecule has 12 aromatic rings. The smallest absolute Gasteiger partial charge is 0.136 e. The third-order valence-corrected chi connectivity index (χ3v) is 11.1. The molecule has 8 aromatic carbocycles. The Morgan fingerprint density at radius 3 is 1.69 bits per heavy atom. The molecule has 52 heavy (non-hydrogen) atoms. The van der Waals surface area contributed by atoms with E-state index in [2.05, 4.69) is 162 Å². The molecule has 12 rings (SSSR count). The number of nitrogens with zero attached hydrogens (tertiary/aromatic N) is 2. The van der Waals surface area contributed by atoms with Crippen molar-refractivity contribution in [2.45, 2.75) is 0 Å². The summed E-state index contributed by atoms with van der Waals surface area (Å²) in [5, 5.41) is 10.9. The predicted octanol–water partition coefficient (Wildman–Crippen LogP) is 13.4. The summed E-state index contributed by atoms with van der Waals surface area (Å²) in [6.07, 6.45) is 0. The van der Waals surface area contributed by atoms with E-state index in [1.165, 1.54) is 54.6 Å². The lowest BCUT2D eigenvalue weighted by atomic mass is 9.94. The Balaban J connectivity index is 1.04. The van der Waals surface area contributed by atoms with Gasteiger partial charge in [-0.2, -0.15) is 0 Å². The van der Waals surface area contributed by atoms with E-state index in [-0.39, 0.29) is 0 Å². The summed E-state index contributed by atoms with van der Waals surface area (Å²) in [5.41, 5.74) is 13.4. The Morgan fingerprint density at radius 2 is 0.962 bits per heavy atom. The van der Waals surface area contributed by atoms with Crippen molar-refractivity contribution in [1.82, 2.24) is 9.38 Å². The second-order valence-electron chi connectivity index (χ2n) is 13.9. The van der Waals surface area contributed by atoms with Gasteiger partial charge in [0.2, 0.25) is 0 Å². The van der Waals surface area contributed by atoms with Gasteiger partial charge in [-0.15, -0.1) is 0 Å². The minimum absolute atomic E-state index is 0.893. The molecular weight excluding hydrogens is 633 g/mol. The predicted molar refractivity (Wildman–Crippen MR) is 217 cm³/mol. The molecule has 0 N–H and O–H groups in total. The highest BCUT2D eigenvalue weighted by Crippen LogP contribution is 2.44. The van der Waals surface area contributed by atoms with Gasteiger partial charge in [0.25, 0.3) is 0 Å². The first kappa shape index (κ1) is 27.8. The molecule has 0 saturated heterocycles. The summed E-state index contributed by atoms with van der Waals surface area (Å²) in [6.45, 7) is 0. The average Bonchev–Trinajstić information content (AvgIpc) is 3.87. The molecule has 3 nitrogen and oxygen atoms in total. The van der Waals surface area contributed by atoms with E-state index in [0.29, 0.717) is 0 Å². The lowest BCUT2D eigenvalue weighted by molar-refractivity contribution is 0.669. The third kappa shape index (κ3) is 3.77. The minimum atomic E-state index is 0.893. The molecule has 0 saturated carbocycles. The van der Waals surface area contributed by atoms with Gasteiger partial charge in [0, 0.05) is 54.0 Å². The van der Waals surface area contributed by atoms with Gasteiger partial charge in [-0.05, 0) is 70.8 Å². The molecule has 0 amide bonds. The standard InChI is InChI=1S/C49H28N2O/c1-2-10-31(11-3-1)48-38-24-25-45-47(37-14-6-9-17-44(37)52-45)46(38)36-23-22-32(28-41(36)50-48)29-18-20-30(21-19-29)33-26-39-34-12-4-7-15-42(34)51-43-16-8-5-13-35(43)40(27-33)49(39)51/h1-28H. The van der Waals surface area contributed by atoms with Gasteiger partial charge < -0.3 is 8.82 Å². The van der Waals surface area contributed by atoms with Crippen LogP contribution < -0.4 is 0 Å². The minimum Gasteiger partial charge on any atom is -0.456 e. The van der Waals surface area contributed by atoms with Crippen LogP contribution in [-0.4, -0.2) is 9.38 Å². The van der Waals surface area contributed by atoms with Gasteiger partial charge in [0.15, 0.2) is 0 Å². The van der Waals surface area contributed by atoms with Crippen LogP contribution in [-0.2, 0) is 0 Å².